The lowest BCUT2D eigenvalue weighted by Crippen LogP contribution is -2.36. The zero-order chi connectivity index (χ0) is 19.8. The third kappa shape index (κ3) is 4.04. The number of aromatic nitrogens is 1. The van der Waals surface area contributed by atoms with E-state index in [-0.39, 0.29) is 0 Å². The maximum absolute atomic E-state index is 12.3. The Labute approximate surface area is 163 Å². The summed E-state index contributed by atoms with van der Waals surface area (Å²) in [6, 6.07) is 13.4. The number of benzene rings is 2. The summed E-state index contributed by atoms with van der Waals surface area (Å²) in [7, 11) is -3.49. The fourth-order valence-corrected chi connectivity index (χ4v) is 4.90. The number of sulfone groups is 1. The fourth-order valence-electron chi connectivity index (χ4n) is 2.65. The molecule has 0 fully saturated rings. The molecule has 27 heavy (non-hydrogen) atoms. The molecule has 0 radical (unpaired) electrons. The molecule has 1 aromatic heterocycles. The third-order valence-corrected chi connectivity index (χ3v) is 8.04. The number of thiazole rings is 1. The lowest BCUT2D eigenvalue weighted by atomic mass is 10.2. The standard InChI is InChI=1S/C20H22N2O3S2/c1-12(2)27(24,25)14(4)19(23)21-16-8-6-15(7-9-16)20-22-17-10-5-13(3)11-18(17)26-20/h5-12,14H,1-4H3,(H,21,23). The van der Waals surface area contributed by atoms with Crippen molar-refractivity contribution in [2.24, 2.45) is 0 Å². The second-order valence-electron chi connectivity index (χ2n) is 6.84. The summed E-state index contributed by atoms with van der Waals surface area (Å²) in [6.07, 6.45) is 0. The molecule has 1 N–H and O–H groups in total. The van der Waals surface area contributed by atoms with Crippen molar-refractivity contribution in [2.75, 3.05) is 5.32 Å². The molecule has 0 saturated carbocycles. The molecule has 1 heterocycles. The number of hydrogen-bond acceptors (Lipinski definition) is 5. The van der Waals surface area contributed by atoms with Gasteiger partial charge in [-0.2, -0.15) is 0 Å². The first-order valence-corrected chi connectivity index (χ1v) is 11.1. The summed E-state index contributed by atoms with van der Waals surface area (Å²) in [6.45, 7) is 6.62. The summed E-state index contributed by atoms with van der Waals surface area (Å²) in [4.78, 5) is 16.9. The molecule has 3 aromatic rings. The molecule has 5 nitrogen and oxygen atoms in total. The van der Waals surface area contributed by atoms with Gasteiger partial charge >= 0.3 is 0 Å². The number of carbonyl (C=O) groups is 1. The van der Waals surface area contributed by atoms with E-state index in [1.807, 2.05) is 24.3 Å². The van der Waals surface area contributed by atoms with Crippen LogP contribution in [-0.4, -0.2) is 29.8 Å². The van der Waals surface area contributed by atoms with E-state index in [1.54, 1.807) is 37.3 Å². The van der Waals surface area contributed by atoms with Gasteiger partial charge in [0.25, 0.3) is 0 Å². The van der Waals surface area contributed by atoms with Crippen LogP contribution in [-0.2, 0) is 14.6 Å². The predicted octanol–water partition coefficient (Wildman–Crippen LogP) is 4.42. The maximum Gasteiger partial charge on any atom is 0.242 e. The van der Waals surface area contributed by atoms with Gasteiger partial charge in [-0.1, -0.05) is 6.07 Å². The van der Waals surface area contributed by atoms with E-state index < -0.39 is 26.2 Å². The number of amides is 1. The quantitative estimate of drug-likeness (QED) is 0.685. The van der Waals surface area contributed by atoms with Crippen LogP contribution in [0.1, 0.15) is 26.3 Å². The highest BCUT2D eigenvalue weighted by Gasteiger charge is 2.30. The van der Waals surface area contributed by atoms with Gasteiger partial charge in [0, 0.05) is 11.3 Å². The second kappa shape index (κ2) is 7.40. The Kier molecular flexibility index (Phi) is 5.35. The van der Waals surface area contributed by atoms with Crippen molar-refractivity contribution in [3.63, 3.8) is 0 Å². The number of nitrogens with one attached hydrogen (secondary N) is 1. The van der Waals surface area contributed by atoms with Crippen LogP contribution in [0, 0.1) is 6.92 Å². The number of hydrogen-bond donors (Lipinski definition) is 1. The van der Waals surface area contributed by atoms with Crippen LogP contribution < -0.4 is 5.32 Å². The van der Waals surface area contributed by atoms with Gasteiger partial charge in [-0.3, -0.25) is 4.79 Å². The molecule has 0 saturated heterocycles. The van der Waals surface area contributed by atoms with Gasteiger partial charge in [-0.05, 0) is 69.7 Å². The van der Waals surface area contributed by atoms with Crippen LogP contribution in [0.5, 0.6) is 0 Å². The first-order valence-electron chi connectivity index (χ1n) is 8.69. The highest BCUT2D eigenvalue weighted by atomic mass is 32.2. The highest BCUT2D eigenvalue weighted by Crippen LogP contribution is 2.31. The number of anilines is 1. The van der Waals surface area contributed by atoms with Gasteiger partial charge in [0.1, 0.15) is 10.3 Å². The van der Waals surface area contributed by atoms with E-state index in [9.17, 15) is 13.2 Å². The summed E-state index contributed by atoms with van der Waals surface area (Å²) >= 11 is 1.62. The lowest BCUT2D eigenvalue weighted by molar-refractivity contribution is -0.115. The Morgan fingerprint density at radius 2 is 1.74 bits per heavy atom. The van der Waals surface area contributed by atoms with Crippen LogP contribution in [0.15, 0.2) is 42.5 Å². The summed E-state index contributed by atoms with van der Waals surface area (Å²) in [5.41, 5.74) is 3.67. The van der Waals surface area contributed by atoms with Gasteiger partial charge in [-0.25, -0.2) is 13.4 Å². The Morgan fingerprint density at radius 3 is 2.37 bits per heavy atom. The van der Waals surface area contributed by atoms with Crippen LogP contribution in [0.3, 0.4) is 0 Å². The van der Waals surface area contributed by atoms with E-state index in [0.717, 1.165) is 20.8 Å². The van der Waals surface area contributed by atoms with Crippen molar-refractivity contribution < 1.29 is 13.2 Å². The van der Waals surface area contributed by atoms with Gasteiger partial charge in [-0.15, -0.1) is 11.3 Å². The highest BCUT2D eigenvalue weighted by molar-refractivity contribution is 7.93. The van der Waals surface area contributed by atoms with E-state index in [0.29, 0.717) is 5.69 Å². The molecule has 0 aliphatic rings. The maximum atomic E-state index is 12.3. The monoisotopic (exact) mass is 402 g/mol. The summed E-state index contributed by atoms with van der Waals surface area (Å²) in [5, 5.41) is 1.90. The van der Waals surface area contributed by atoms with Gasteiger partial charge in [0.2, 0.25) is 5.91 Å². The van der Waals surface area contributed by atoms with Crippen LogP contribution >= 0.6 is 11.3 Å². The average Bonchev–Trinajstić information content (AvgIpc) is 3.04. The first-order chi connectivity index (χ1) is 12.7. The SMILES string of the molecule is Cc1ccc2nc(-c3ccc(NC(=O)C(C)S(=O)(=O)C(C)C)cc3)sc2c1. The van der Waals surface area contributed by atoms with Crippen molar-refractivity contribution in [3.05, 3.63) is 48.0 Å². The minimum absolute atomic E-state index is 0.521. The molecule has 0 bridgehead atoms. The lowest BCUT2D eigenvalue weighted by Gasteiger charge is -2.15. The van der Waals surface area contributed by atoms with Crippen LogP contribution in [0.25, 0.3) is 20.8 Å². The number of aryl methyl sites for hydroxylation is 1. The molecule has 2 aromatic carbocycles. The van der Waals surface area contributed by atoms with Crippen molar-refractivity contribution in [1.29, 1.82) is 0 Å². The summed E-state index contributed by atoms with van der Waals surface area (Å²) in [5.74, 6) is -0.521. The minimum atomic E-state index is -3.49. The van der Waals surface area contributed by atoms with Crippen molar-refractivity contribution >= 4 is 43.0 Å². The largest absolute Gasteiger partial charge is 0.325 e. The Bertz CT molecular complexity index is 1080. The molecule has 0 spiro atoms. The zero-order valence-corrected chi connectivity index (χ0v) is 17.3. The molecule has 1 amide bonds. The number of nitrogens with zero attached hydrogens (tertiary/aromatic N) is 1. The number of rotatable bonds is 5. The smallest absolute Gasteiger partial charge is 0.242 e. The molecule has 1 unspecified atom stereocenters. The average molecular weight is 403 g/mol. The number of fused-ring (bicyclic) bond motifs is 1. The van der Waals surface area contributed by atoms with Crippen LogP contribution in [0.4, 0.5) is 5.69 Å². The van der Waals surface area contributed by atoms with E-state index in [2.05, 4.69) is 23.3 Å². The molecule has 3 rings (SSSR count). The van der Waals surface area contributed by atoms with Crippen molar-refractivity contribution in [2.45, 2.75) is 38.2 Å². The number of carbonyl (C=O) groups excluding carboxylic acids is 1. The third-order valence-electron chi connectivity index (χ3n) is 4.46. The fraction of sp³-hybridized carbons (Fsp3) is 0.300. The molecule has 7 heteroatoms. The molecule has 1 atom stereocenters. The van der Waals surface area contributed by atoms with Crippen LogP contribution in [0.2, 0.25) is 0 Å². The Balaban J connectivity index is 1.77. The molecule has 142 valence electrons. The molecular weight excluding hydrogens is 380 g/mol. The van der Waals surface area contributed by atoms with E-state index >= 15 is 0 Å². The predicted molar refractivity (Wildman–Crippen MR) is 112 cm³/mol. The van der Waals surface area contributed by atoms with Crippen molar-refractivity contribution in [1.82, 2.24) is 4.98 Å². The Morgan fingerprint density at radius 1 is 1.07 bits per heavy atom. The normalized spacial score (nSPS) is 13.1. The molecule has 0 aliphatic carbocycles. The zero-order valence-electron chi connectivity index (χ0n) is 15.7. The van der Waals surface area contributed by atoms with Gasteiger partial charge in [0.15, 0.2) is 9.84 Å². The Hall–Kier alpha value is -2.25. The molecular formula is C20H22N2O3S2. The van der Waals surface area contributed by atoms with E-state index in [1.165, 1.54) is 12.5 Å². The topological polar surface area (TPSA) is 76.1 Å². The van der Waals surface area contributed by atoms with E-state index in [4.69, 9.17) is 0 Å². The molecule has 0 aliphatic heterocycles. The van der Waals surface area contributed by atoms with Crippen molar-refractivity contribution in [3.8, 4) is 10.6 Å². The minimum Gasteiger partial charge on any atom is -0.325 e. The second-order valence-corrected chi connectivity index (χ2v) is 10.7. The van der Waals surface area contributed by atoms with Gasteiger partial charge in [0.05, 0.1) is 15.5 Å². The summed E-state index contributed by atoms with van der Waals surface area (Å²) < 4.78 is 25.4. The first kappa shape index (κ1) is 19.5. The van der Waals surface area contributed by atoms with Gasteiger partial charge < -0.3 is 5.32 Å².